The van der Waals surface area contributed by atoms with Gasteiger partial charge in [0.05, 0.1) is 10.8 Å². The number of nitrogens with zero attached hydrogens (tertiary/aromatic N) is 2. The fourth-order valence-corrected chi connectivity index (χ4v) is 4.08. The lowest BCUT2D eigenvalue weighted by Gasteiger charge is -2.18. The minimum absolute atomic E-state index is 0.0842. The number of nitrogens with one attached hydrogen (secondary N) is 1. The molecule has 3 rings (SSSR count). The normalized spacial score (nSPS) is 21.9. The van der Waals surface area contributed by atoms with Crippen LogP contribution in [0.3, 0.4) is 0 Å². The van der Waals surface area contributed by atoms with E-state index in [1.165, 1.54) is 30.2 Å². The molecule has 1 aliphatic heterocycles. The van der Waals surface area contributed by atoms with Crippen LogP contribution in [0.2, 0.25) is 0 Å². The minimum Gasteiger partial charge on any atom is -0.355 e. The average Bonchev–Trinajstić information content (AvgIpc) is 2.71. The number of hydrogen-bond acceptors (Lipinski definition) is 4. The summed E-state index contributed by atoms with van der Waals surface area (Å²) >= 11 is 1.46. The number of aromatic nitrogens is 1. The first-order valence-electron chi connectivity index (χ1n) is 7.65. The maximum Gasteiger partial charge on any atom is 0.233 e. The molecule has 1 unspecified atom stereocenters. The number of aryl methyl sites for hydroxylation is 2. The molecule has 0 bridgehead atoms. The molecule has 0 spiro atoms. The highest BCUT2D eigenvalue weighted by molar-refractivity contribution is 8.00. The Balaban J connectivity index is 1.87. The lowest BCUT2D eigenvalue weighted by Crippen LogP contribution is -2.30. The van der Waals surface area contributed by atoms with Crippen LogP contribution >= 0.6 is 11.8 Å². The molecule has 1 aromatic heterocycles. The van der Waals surface area contributed by atoms with Crippen LogP contribution in [-0.4, -0.2) is 22.7 Å². The number of hydrogen-bond donors (Lipinski definition) is 1. The summed E-state index contributed by atoms with van der Waals surface area (Å²) in [6.45, 7) is 0.763. The summed E-state index contributed by atoms with van der Waals surface area (Å²) in [5.74, 6) is 0.0842. The third-order valence-corrected chi connectivity index (χ3v) is 5.39. The molecule has 2 heterocycles. The third kappa shape index (κ3) is 3.21. The lowest BCUT2D eigenvalue weighted by molar-refractivity contribution is -0.120. The number of pyridine rings is 1. The first-order valence-corrected chi connectivity index (χ1v) is 8.53. The number of carbonyl (C=O) groups is 1. The van der Waals surface area contributed by atoms with Gasteiger partial charge in [-0.1, -0.05) is 18.2 Å². The molecule has 2 aliphatic rings. The van der Waals surface area contributed by atoms with Gasteiger partial charge in [-0.3, -0.25) is 4.79 Å². The third-order valence-electron chi connectivity index (χ3n) is 4.12. The van der Waals surface area contributed by atoms with Gasteiger partial charge in [0.25, 0.3) is 0 Å². The second kappa shape index (κ2) is 6.48. The molecule has 1 aliphatic carbocycles. The number of amides is 1. The molecule has 1 saturated heterocycles. The topological polar surface area (TPSA) is 65.8 Å². The number of nitriles is 1. The van der Waals surface area contributed by atoms with Crippen molar-refractivity contribution in [1.82, 2.24) is 10.3 Å². The second-order valence-corrected chi connectivity index (χ2v) is 6.85. The summed E-state index contributed by atoms with van der Waals surface area (Å²) in [5, 5.41) is 12.9. The van der Waals surface area contributed by atoms with E-state index >= 15 is 0 Å². The molecule has 0 radical (unpaired) electrons. The zero-order valence-electron chi connectivity index (χ0n) is 12.0. The van der Waals surface area contributed by atoms with Crippen molar-refractivity contribution in [2.45, 2.75) is 55.2 Å². The van der Waals surface area contributed by atoms with Crippen molar-refractivity contribution in [1.29, 1.82) is 5.26 Å². The Bertz CT molecular complexity index is 594. The molecular weight excluding hydrogens is 282 g/mol. The highest BCUT2D eigenvalue weighted by Crippen LogP contribution is 2.32. The molecule has 0 saturated carbocycles. The van der Waals surface area contributed by atoms with Crippen molar-refractivity contribution in [2.75, 3.05) is 6.54 Å². The Morgan fingerprint density at radius 1 is 1.29 bits per heavy atom. The molecule has 4 nitrogen and oxygen atoms in total. The van der Waals surface area contributed by atoms with Gasteiger partial charge < -0.3 is 5.32 Å². The van der Waals surface area contributed by atoms with E-state index in [2.05, 4.69) is 11.4 Å². The molecule has 1 aromatic rings. The van der Waals surface area contributed by atoms with Crippen molar-refractivity contribution >= 4 is 17.7 Å². The number of fused-ring (bicyclic) bond motifs is 1. The Morgan fingerprint density at radius 3 is 3.00 bits per heavy atom. The van der Waals surface area contributed by atoms with Crippen molar-refractivity contribution in [3.8, 4) is 6.07 Å². The van der Waals surface area contributed by atoms with Crippen molar-refractivity contribution in [3.63, 3.8) is 0 Å². The summed E-state index contributed by atoms with van der Waals surface area (Å²) in [6.07, 6.45) is 7.29. The Kier molecular flexibility index (Phi) is 4.45. The van der Waals surface area contributed by atoms with Crippen LogP contribution in [0, 0.1) is 11.3 Å². The van der Waals surface area contributed by atoms with Gasteiger partial charge in [0, 0.05) is 12.2 Å². The highest BCUT2D eigenvalue weighted by Gasteiger charge is 2.24. The monoisotopic (exact) mass is 301 g/mol. The van der Waals surface area contributed by atoms with Gasteiger partial charge in [0.2, 0.25) is 5.91 Å². The van der Waals surface area contributed by atoms with E-state index in [1.807, 2.05) is 6.07 Å². The summed E-state index contributed by atoms with van der Waals surface area (Å²) in [7, 11) is 0. The van der Waals surface area contributed by atoms with Gasteiger partial charge >= 0.3 is 0 Å². The lowest BCUT2D eigenvalue weighted by atomic mass is 9.95. The quantitative estimate of drug-likeness (QED) is 0.912. The Labute approximate surface area is 129 Å². The van der Waals surface area contributed by atoms with E-state index in [-0.39, 0.29) is 11.2 Å². The van der Waals surface area contributed by atoms with E-state index < -0.39 is 0 Å². The van der Waals surface area contributed by atoms with Gasteiger partial charge in [0.1, 0.15) is 11.1 Å². The van der Waals surface area contributed by atoms with E-state index in [0.29, 0.717) is 5.56 Å². The summed E-state index contributed by atoms with van der Waals surface area (Å²) in [4.78, 5) is 16.8. The number of carbonyl (C=O) groups excluding carboxylic acids is 1. The molecule has 1 amide bonds. The molecule has 110 valence electrons. The van der Waals surface area contributed by atoms with Gasteiger partial charge in [-0.2, -0.15) is 5.26 Å². The minimum atomic E-state index is -0.117. The van der Waals surface area contributed by atoms with Gasteiger partial charge in [-0.25, -0.2) is 4.98 Å². The predicted octanol–water partition coefficient (Wildman–Crippen LogP) is 2.59. The summed E-state index contributed by atoms with van der Waals surface area (Å²) < 4.78 is 0. The van der Waals surface area contributed by atoms with Crippen LogP contribution < -0.4 is 5.32 Å². The standard InChI is InChI=1S/C16H19N3OS/c17-10-12-9-11-5-1-2-6-13(11)19-16(12)21-14-7-3-4-8-18-15(14)20/h9,14H,1-8H2,(H,18,20). The van der Waals surface area contributed by atoms with Crippen LogP contribution in [-0.2, 0) is 17.6 Å². The molecule has 1 atom stereocenters. The van der Waals surface area contributed by atoms with E-state index in [1.54, 1.807) is 0 Å². The van der Waals surface area contributed by atoms with Crippen LogP contribution in [0.15, 0.2) is 11.1 Å². The number of rotatable bonds is 2. The molecule has 1 N–H and O–H groups in total. The van der Waals surface area contributed by atoms with Crippen LogP contribution in [0.4, 0.5) is 0 Å². The predicted molar refractivity (Wildman–Crippen MR) is 82.1 cm³/mol. The van der Waals surface area contributed by atoms with E-state index in [0.717, 1.165) is 49.4 Å². The molecule has 21 heavy (non-hydrogen) atoms. The van der Waals surface area contributed by atoms with Crippen molar-refractivity contribution in [2.24, 2.45) is 0 Å². The largest absolute Gasteiger partial charge is 0.355 e. The fraction of sp³-hybridized carbons (Fsp3) is 0.562. The zero-order valence-corrected chi connectivity index (χ0v) is 12.8. The Morgan fingerprint density at radius 2 is 2.14 bits per heavy atom. The molecule has 1 fully saturated rings. The van der Waals surface area contributed by atoms with Crippen molar-refractivity contribution < 1.29 is 4.79 Å². The smallest absolute Gasteiger partial charge is 0.233 e. The first kappa shape index (κ1) is 14.4. The van der Waals surface area contributed by atoms with E-state index in [4.69, 9.17) is 4.98 Å². The fourth-order valence-electron chi connectivity index (χ4n) is 2.94. The molecular formula is C16H19N3OS. The maximum atomic E-state index is 12.1. The molecule has 5 heteroatoms. The van der Waals surface area contributed by atoms with E-state index in [9.17, 15) is 10.1 Å². The van der Waals surface area contributed by atoms with Gasteiger partial charge in [-0.15, -0.1) is 0 Å². The number of thioether (sulfide) groups is 1. The highest BCUT2D eigenvalue weighted by atomic mass is 32.2. The van der Waals surface area contributed by atoms with Gasteiger partial charge in [0.15, 0.2) is 0 Å². The van der Waals surface area contributed by atoms with Gasteiger partial charge in [-0.05, 0) is 50.2 Å². The Hall–Kier alpha value is -1.54. The second-order valence-electron chi connectivity index (χ2n) is 5.66. The van der Waals surface area contributed by atoms with Crippen LogP contribution in [0.1, 0.15) is 48.9 Å². The first-order chi connectivity index (χ1) is 10.3. The maximum absolute atomic E-state index is 12.1. The van der Waals surface area contributed by atoms with Crippen molar-refractivity contribution in [3.05, 3.63) is 22.9 Å². The summed E-state index contributed by atoms with van der Waals surface area (Å²) in [5.41, 5.74) is 2.96. The SMILES string of the molecule is N#Cc1cc2c(nc1SC1CCCCNC1=O)CCCC2. The van der Waals surface area contributed by atoms with Crippen LogP contribution in [0.25, 0.3) is 0 Å². The zero-order chi connectivity index (χ0) is 14.7. The average molecular weight is 301 g/mol. The summed E-state index contributed by atoms with van der Waals surface area (Å²) in [6, 6.07) is 4.24. The van der Waals surface area contributed by atoms with Crippen LogP contribution in [0.5, 0.6) is 0 Å². The molecule has 0 aromatic carbocycles.